The molecule has 1 aromatic rings. The maximum absolute atomic E-state index is 13.0. The van der Waals surface area contributed by atoms with Crippen LogP contribution in [0.15, 0.2) is 24.3 Å². The topological polar surface area (TPSA) is 23.6 Å². The molecule has 2 saturated heterocycles. The van der Waals surface area contributed by atoms with Gasteiger partial charge in [0.15, 0.2) is 0 Å². The first-order chi connectivity index (χ1) is 10.7. The summed E-state index contributed by atoms with van der Waals surface area (Å²) in [7, 11) is 0. The molecular formula is C18H25FN2O. The van der Waals surface area contributed by atoms with Crippen molar-refractivity contribution in [2.24, 2.45) is 5.92 Å². The van der Waals surface area contributed by atoms with Crippen LogP contribution in [-0.4, -0.2) is 41.4 Å². The van der Waals surface area contributed by atoms with Crippen LogP contribution in [0.1, 0.15) is 38.2 Å². The second kappa shape index (κ2) is 6.78. The Balaban J connectivity index is 1.69. The predicted molar refractivity (Wildman–Crippen MR) is 84.8 cm³/mol. The Bertz CT molecular complexity index is 516. The number of fused-ring (bicyclic) bond motifs is 1. The molecule has 0 unspecified atom stereocenters. The summed E-state index contributed by atoms with van der Waals surface area (Å²) >= 11 is 0. The maximum atomic E-state index is 13.0. The smallest absolute Gasteiger partial charge is 0.223 e. The van der Waals surface area contributed by atoms with Crippen LogP contribution in [-0.2, 0) is 11.3 Å². The number of hydrogen-bond donors (Lipinski definition) is 0. The Kier molecular flexibility index (Phi) is 4.77. The number of benzene rings is 1. The van der Waals surface area contributed by atoms with Crippen molar-refractivity contribution < 1.29 is 9.18 Å². The van der Waals surface area contributed by atoms with Gasteiger partial charge in [-0.2, -0.15) is 0 Å². The molecule has 1 aromatic carbocycles. The van der Waals surface area contributed by atoms with E-state index in [0.717, 1.165) is 38.0 Å². The summed E-state index contributed by atoms with van der Waals surface area (Å²) in [6.07, 6.45) is 3.93. The predicted octanol–water partition coefficient (Wildman–Crippen LogP) is 3.05. The molecule has 2 aliphatic heterocycles. The number of amides is 1. The molecule has 3 rings (SSSR count). The zero-order chi connectivity index (χ0) is 15.5. The van der Waals surface area contributed by atoms with E-state index in [4.69, 9.17) is 0 Å². The molecule has 0 bridgehead atoms. The van der Waals surface area contributed by atoms with Crippen LogP contribution < -0.4 is 0 Å². The van der Waals surface area contributed by atoms with Gasteiger partial charge in [-0.05, 0) is 49.4 Å². The molecule has 1 amide bonds. The summed E-state index contributed by atoms with van der Waals surface area (Å²) in [6.45, 7) is 6.20. The number of likely N-dealkylation sites (tertiary alicyclic amines) is 2. The van der Waals surface area contributed by atoms with Gasteiger partial charge in [0.1, 0.15) is 5.82 Å². The van der Waals surface area contributed by atoms with E-state index in [0.29, 0.717) is 24.9 Å². The summed E-state index contributed by atoms with van der Waals surface area (Å²) in [5.41, 5.74) is 1.02. The van der Waals surface area contributed by atoms with Crippen molar-refractivity contribution >= 4 is 5.91 Å². The van der Waals surface area contributed by atoms with E-state index in [9.17, 15) is 9.18 Å². The van der Waals surface area contributed by atoms with Gasteiger partial charge in [0, 0.05) is 32.1 Å². The summed E-state index contributed by atoms with van der Waals surface area (Å²) < 4.78 is 13.0. The number of nitrogens with zero attached hydrogens (tertiary/aromatic N) is 2. The third kappa shape index (κ3) is 3.32. The van der Waals surface area contributed by atoms with E-state index in [1.165, 1.54) is 18.6 Å². The molecule has 0 spiro atoms. The zero-order valence-corrected chi connectivity index (χ0v) is 13.3. The zero-order valence-electron chi connectivity index (χ0n) is 13.3. The Morgan fingerprint density at radius 2 is 2.00 bits per heavy atom. The van der Waals surface area contributed by atoms with Gasteiger partial charge in [0.2, 0.25) is 5.91 Å². The number of rotatable bonds is 4. The summed E-state index contributed by atoms with van der Waals surface area (Å²) in [6, 6.07) is 6.90. The van der Waals surface area contributed by atoms with Crippen molar-refractivity contribution in [3.63, 3.8) is 0 Å². The lowest BCUT2D eigenvalue weighted by Crippen LogP contribution is -2.55. The van der Waals surface area contributed by atoms with Crippen molar-refractivity contribution in [3.8, 4) is 0 Å². The third-order valence-electron chi connectivity index (χ3n) is 5.03. The Labute approximate surface area is 132 Å². The third-order valence-corrected chi connectivity index (χ3v) is 5.03. The SMILES string of the molecule is CCCN1CC[C@H]2[C@H](CCC(=O)N2Cc2ccc(F)cc2)C1. The van der Waals surface area contributed by atoms with E-state index in [2.05, 4.69) is 11.8 Å². The molecule has 3 nitrogen and oxygen atoms in total. The van der Waals surface area contributed by atoms with Gasteiger partial charge in [-0.15, -0.1) is 0 Å². The minimum atomic E-state index is -0.223. The Hall–Kier alpha value is -1.42. The van der Waals surface area contributed by atoms with Crippen LogP contribution >= 0.6 is 0 Å². The Morgan fingerprint density at radius 1 is 1.23 bits per heavy atom. The highest BCUT2D eigenvalue weighted by Crippen LogP contribution is 2.32. The van der Waals surface area contributed by atoms with Gasteiger partial charge in [-0.1, -0.05) is 19.1 Å². The van der Waals surface area contributed by atoms with Crippen molar-refractivity contribution in [1.82, 2.24) is 9.80 Å². The molecule has 22 heavy (non-hydrogen) atoms. The average Bonchev–Trinajstić information content (AvgIpc) is 2.52. The highest BCUT2D eigenvalue weighted by atomic mass is 19.1. The molecule has 0 radical (unpaired) electrons. The van der Waals surface area contributed by atoms with Crippen LogP contribution in [0, 0.1) is 11.7 Å². The molecule has 120 valence electrons. The van der Waals surface area contributed by atoms with E-state index in [-0.39, 0.29) is 11.7 Å². The quantitative estimate of drug-likeness (QED) is 0.853. The lowest BCUT2D eigenvalue weighted by molar-refractivity contribution is -0.142. The largest absolute Gasteiger partial charge is 0.335 e. The normalized spacial score (nSPS) is 26.1. The lowest BCUT2D eigenvalue weighted by atomic mass is 9.83. The molecule has 2 fully saturated rings. The number of halogens is 1. The van der Waals surface area contributed by atoms with Gasteiger partial charge < -0.3 is 9.80 Å². The first-order valence-electron chi connectivity index (χ1n) is 8.43. The van der Waals surface area contributed by atoms with Crippen molar-refractivity contribution in [3.05, 3.63) is 35.6 Å². The lowest BCUT2D eigenvalue weighted by Gasteiger charge is -2.47. The molecule has 2 heterocycles. The summed E-state index contributed by atoms with van der Waals surface area (Å²) in [4.78, 5) is 16.9. The van der Waals surface area contributed by atoms with E-state index >= 15 is 0 Å². The van der Waals surface area contributed by atoms with Crippen molar-refractivity contribution in [2.75, 3.05) is 19.6 Å². The molecule has 4 heteroatoms. The fraction of sp³-hybridized carbons (Fsp3) is 0.611. The molecule has 2 atom stereocenters. The molecule has 0 saturated carbocycles. The summed E-state index contributed by atoms with van der Waals surface area (Å²) in [5, 5.41) is 0. The van der Waals surface area contributed by atoms with E-state index in [1.54, 1.807) is 12.1 Å². The maximum Gasteiger partial charge on any atom is 0.223 e. The van der Waals surface area contributed by atoms with E-state index in [1.807, 2.05) is 4.90 Å². The second-order valence-corrected chi connectivity index (χ2v) is 6.60. The highest BCUT2D eigenvalue weighted by Gasteiger charge is 2.38. The molecule has 0 aromatic heterocycles. The van der Waals surface area contributed by atoms with Crippen molar-refractivity contribution in [1.29, 1.82) is 0 Å². The van der Waals surface area contributed by atoms with Gasteiger partial charge in [-0.25, -0.2) is 4.39 Å². The second-order valence-electron chi connectivity index (χ2n) is 6.60. The molecule has 2 aliphatic rings. The van der Waals surface area contributed by atoms with Gasteiger partial charge in [-0.3, -0.25) is 4.79 Å². The first-order valence-corrected chi connectivity index (χ1v) is 8.43. The number of hydrogen-bond acceptors (Lipinski definition) is 2. The number of piperidine rings is 2. The van der Waals surface area contributed by atoms with Crippen LogP contribution in [0.3, 0.4) is 0 Å². The van der Waals surface area contributed by atoms with Gasteiger partial charge in [0.05, 0.1) is 0 Å². The molecule has 0 aliphatic carbocycles. The standard InChI is InChI=1S/C18H25FN2O/c1-2-10-20-11-9-17-15(13-20)5-8-18(22)21(17)12-14-3-6-16(19)7-4-14/h3-4,6-7,15,17H,2,5,8-13H2,1H3/t15-,17+/m1/s1. The monoisotopic (exact) mass is 304 g/mol. The first kappa shape index (κ1) is 15.5. The van der Waals surface area contributed by atoms with Gasteiger partial charge >= 0.3 is 0 Å². The molecule has 0 N–H and O–H groups in total. The van der Waals surface area contributed by atoms with Crippen LogP contribution in [0.4, 0.5) is 4.39 Å². The van der Waals surface area contributed by atoms with Crippen LogP contribution in [0.5, 0.6) is 0 Å². The van der Waals surface area contributed by atoms with Crippen LogP contribution in [0.2, 0.25) is 0 Å². The number of carbonyl (C=O) groups is 1. The van der Waals surface area contributed by atoms with Crippen LogP contribution in [0.25, 0.3) is 0 Å². The highest BCUT2D eigenvalue weighted by molar-refractivity contribution is 5.77. The van der Waals surface area contributed by atoms with Gasteiger partial charge in [0.25, 0.3) is 0 Å². The Morgan fingerprint density at radius 3 is 2.73 bits per heavy atom. The summed E-state index contributed by atoms with van der Waals surface area (Å²) in [5.74, 6) is 0.632. The number of carbonyl (C=O) groups excluding carboxylic acids is 1. The minimum Gasteiger partial charge on any atom is -0.335 e. The fourth-order valence-corrected chi connectivity index (χ4v) is 3.94. The fourth-order valence-electron chi connectivity index (χ4n) is 3.94. The van der Waals surface area contributed by atoms with Crippen molar-refractivity contribution in [2.45, 2.75) is 45.2 Å². The molecular weight excluding hydrogens is 279 g/mol. The average molecular weight is 304 g/mol. The minimum absolute atomic E-state index is 0.223. The van der Waals surface area contributed by atoms with E-state index < -0.39 is 0 Å².